The smallest absolute Gasteiger partial charge is 0.248 e. The van der Waals surface area contributed by atoms with Gasteiger partial charge in [-0.05, 0) is 31.9 Å². The summed E-state index contributed by atoms with van der Waals surface area (Å²) >= 11 is 0. The quantitative estimate of drug-likeness (QED) is 0.796. The Morgan fingerprint density at radius 3 is 2.96 bits per heavy atom. The zero-order chi connectivity index (χ0) is 18.6. The van der Waals surface area contributed by atoms with Crippen LogP contribution in [0.5, 0.6) is 0 Å². The molecule has 0 saturated carbocycles. The molecule has 2 saturated heterocycles. The van der Waals surface area contributed by atoms with Crippen LogP contribution in [0.15, 0.2) is 24.5 Å². The van der Waals surface area contributed by atoms with Crippen LogP contribution in [0.1, 0.15) is 25.8 Å². The van der Waals surface area contributed by atoms with Gasteiger partial charge in [0.15, 0.2) is 0 Å². The maximum atomic E-state index is 12.7. The Labute approximate surface area is 154 Å². The molecule has 1 aromatic heterocycles. The lowest BCUT2D eigenvalue weighted by Crippen LogP contribution is -2.60. The Morgan fingerprint density at radius 1 is 1.38 bits per heavy atom. The van der Waals surface area contributed by atoms with E-state index < -0.39 is 5.60 Å². The number of nitrogens with zero attached hydrogens (tertiary/aromatic N) is 3. The van der Waals surface area contributed by atoms with Gasteiger partial charge in [0.2, 0.25) is 11.8 Å². The minimum atomic E-state index is -0.640. The normalized spacial score (nSPS) is 24.2. The van der Waals surface area contributed by atoms with Crippen molar-refractivity contribution in [3.8, 4) is 0 Å². The van der Waals surface area contributed by atoms with Crippen LogP contribution in [-0.4, -0.2) is 77.7 Å². The van der Waals surface area contributed by atoms with Crippen molar-refractivity contribution in [2.45, 2.75) is 38.3 Å². The predicted molar refractivity (Wildman–Crippen MR) is 95.5 cm³/mol. The van der Waals surface area contributed by atoms with E-state index in [0.29, 0.717) is 45.7 Å². The highest BCUT2D eigenvalue weighted by Gasteiger charge is 2.43. The number of ether oxygens (including phenoxy) is 2. The summed E-state index contributed by atoms with van der Waals surface area (Å²) in [6.07, 6.45) is 4.63. The van der Waals surface area contributed by atoms with Gasteiger partial charge in [-0.25, -0.2) is 0 Å². The van der Waals surface area contributed by atoms with E-state index in [-0.39, 0.29) is 24.5 Å². The van der Waals surface area contributed by atoms with Gasteiger partial charge in [-0.3, -0.25) is 14.6 Å². The minimum Gasteiger partial charge on any atom is -0.368 e. The first-order valence-corrected chi connectivity index (χ1v) is 9.17. The molecule has 26 heavy (non-hydrogen) atoms. The average Bonchev–Trinajstić information content (AvgIpc) is 2.80. The summed E-state index contributed by atoms with van der Waals surface area (Å²) in [5.41, 5.74) is 0.414. The number of rotatable bonds is 4. The van der Waals surface area contributed by atoms with Gasteiger partial charge < -0.3 is 19.3 Å². The number of aryl methyl sites for hydroxylation is 1. The number of amides is 2. The molecular formula is C19H27N3O4. The highest BCUT2D eigenvalue weighted by molar-refractivity contribution is 5.78. The molecule has 142 valence electrons. The largest absolute Gasteiger partial charge is 0.368 e. The van der Waals surface area contributed by atoms with Crippen LogP contribution in [0, 0.1) is 0 Å². The third-order valence-corrected chi connectivity index (χ3v) is 4.94. The molecule has 7 nitrogen and oxygen atoms in total. The first-order valence-electron chi connectivity index (χ1n) is 9.17. The van der Waals surface area contributed by atoms with E-state index in [1.54, 1.807) is 17.3 Å². The minimum absolute atomic E-state index is 0.0273. The number of pyridine rings is 1. The number of carbonyl (C=O) groups is 2. The highest BCUT2D eigenvalue weighted by atomic mass is 16.5. The van der Waals surface area contributed by atoms with Gasteiger partial charge in [-0.15, -0.1) is 0 Å². The predicted octanol–water partition coefficient (Wildman–Crippen LogP) is 0.879. The number of morpholine rings is 1. The zero-order valence-corrected chi connectivity index (χ0v) is 15.5. The molecule has 0 aromatic carbocycles. The molecule has 0 N–H and O–H groups in total. The maximum absolute atomic E-state index is 12.7. The summed E-state index contributed by atoms with van der Waals surface area (Å²) in [7, 11) is 0. The summed E-state index contributed by atoms with van der Waals surface area (Å²) in [4.78, 5) is 32.6. The summed E-state index contributed by atoms with van der Waals surface area (Å²) < 4.78 is 11.6. The van der Waals surface area contributed by atoms with Crippen molar-refractivity contribution in [3.05, 3.63) is 30.1 Å². The molecule has 7 heteroatoms. The Hall–Kier alpha value is -1.99. The number of hydrogen-bond acceptors (Lipinski definition) is 5. The molecule has 1 spiro atoms. The average molecular weight is 361 g/mol. The Balaban J connectivity index is 1.64. The molecule has 2 aliphatic rings. The second-order valence-corrected chi connectivity index (χ2v) is 7.32. The topological polar surface area (TPSA) is 72.0 Å². The van der Waals surface area contributed by atoms with Crippen LogP contribution in [0.2, 0.25) is 0 Å². The molecule has 1 unspecified atom stereocenters. The van der Waals surface area contributed by atoms with Crippen molar-refractivity contribution >= 4 is 11.8 Å². The fourth-order valence-electron chi connectivity index (χ4n) is 3.52. The van der Waals surface area contributed by atoms with E-state index in [1.807, 2.05) is 30.9 Å². The van der Waals surface area contributed by atoms with Gasteiger partial charge in [0.1, 0.15) is 12.2 Å². The molecule has 0 bridgehead atoms. The van der Waals surface area contributed by atoms with Gasteiger partial charge in [-0.1, -0.05) is 6.07 Å². The third kappa shape index (κ3) is 4.40. The van der Waals surface area contributed by atoms with Crippen molar-refractivity contribution in [2.24, 2.45) is 0 Å². The number of hydrogen-bond donors (Lipinski definition) is 0. The molecule has 1 atom stereocenters. The summed E-state index contributed by atoms with van der Waals surface area (Å²) in [6, 6.07) is 3.93. The van der Waals surface area contributed by atoms with Crippen molar-refractivity contribution in [1.82, 2.24) is 14.8 Å². The summed E-state index contributed by atoms with van der Waals surface area (Å²) in [6.45, 7) is 6.30. The van der Waals surface area contributed by atoms with Gasteiger partial charge in [0, 0.05) is 31.4 Å². The lowest BCUT2D eigenvalue weighted by Gasteiger charge is -2.44. The van der Waals surface area contributed by atoms with E-state index in [0.717, 1.165) is 5.56 Å². The molecular weight excluding hydrogens is 334 g/mol. The molecule has 3 heterocycles. The van der Waals surface area contributed by atoms with Gasteiger partial charge in [0.25, 0.3) is 0 Å². The lowest BCUT2D eigenvalue weighted by molar-refractivity contribution is -0.162. The molecule has 2 aliphatic heterocycles. The Kier molecular flexibility index (Phi) is 5.88. The van der Waals surface area contributed by atoms with Crippen molar-refractivity contribution in [1.29, 1.82) is 0 Å². The van der Waals surface area contributed by atoms with Crippen LogP contribution in [-0.2, 0) is 25.5 Å². The summed E-state index contributed by atoms with van der Waals surface area (Å²) in [5, 5.41) is 0. The fraction of sp³-hybridized carbons (Fsp3) is 0.632. The zero-order valence-electron chi connectivity index (χ0n) is 15.5. The standard InChI is InChI=1S/C19H27N3O4/c1-15(2)22-13-19(14-25-11-18(22)24)12-21(8-9-26-19)17(23)6-5-16-4-3-7-20-10-16/h3-4,7,10,15H,5-6,8-9,11-14H2,1-2H3. The molecule has 2 amide bonds. The lowest BCUT2D eigenvalue weighted by atomic mass is 10.0. The second-order valence-electron chi connectivity index (χ2n) is 7.32. The second kappa shape index (κ2) is 8.14. The number of carbonyl (C=O) groups excluding carboxylic acids is 2. The van der Waals surface area contributed by atoms with Crippen molar-refractivity contribution in [3.63, 3.8) is 0 Å². The van der Waals surface area contributed by atoms with Gasteiger partial charge >= 0.3 is 0 Å². The Morgan fingerprint density at radius 2 is 2.23 bits per heavy atom. The van der Waals surface area contributed by atoms with E-state index in [2.05, 4.69) is 4.98 Å². The van der Waals surface area contributed by atoms with E-state index in [1.165, 1.54) is 0 Å². The molecule has 0 aliphatic carbocycles. The van der Waals surface area contributed by atoms with E-state index in [9.17, 15) is 9.59 Å². The van der Waals surface area contributed by atoms with Crippen LogP contribution in [0.3, 0.4) is 0 Å². The van der Waals surface area contributed by atoms with Crippen molar-refractivity contribution < 1.29 is 19.1 Å². The van der Waals surface area contributed by atoms with Gasteiger partial charge in [0.05, 0.1) is 26.3 Å². The SMILES string of the molecule is CC(C)N1CC2(COCC1=O)CN(C(=O)CCc1cccnc1)CCO2. The van der Waals surface area contributed by atoms with Crippen LogP contribution < -0.4 is 0 Å². The van der Waals surface area contributed by atoms with Crippen LogP contribution >= 0.6 is 0 Å². The molecule has 3 rings (SSSR count). The maximum Gasteiger partial charge on any atom is 0.248 e. The van der Waals surface area contributed by atoms with Gasteiger partial charge in [-0.2, -0.15) is 0 Å². The fourth-order valence-corrected chi connectivity index (χ4v) is 3.52. The molecule has 1 aromatic rings. The summed E-state index contributed by atoms with van der Waals surface area (Å²) in [5.74, 6) is 0.0729. The molecule has 0 radical (unpaired) electrons. The monoisotopic (exact) mass is 361 g/mol. The first-order chi connectivity index (χ1) is 12.5. The number of aromatic nitrogens is 1. The molecule has 2 fully saturated rings. The van der Waals surface area contributed by atoms with Crippen molar-refractivity contribution in [2.75, 3.05) is 39.5 Å². The van der Waals surface area contributed by atoms with E-state index >= 15 is 0 Å². The van der Waals surface area contributed by atoms with Crippen LogP contribution in [0.25, 0.3) is 0 Å². The Bertz CT molecular complexity index is 637. The first kappa shape index (κ1) is 18.8. The highest BCUT2D eigenvalue weighted by Crippen LogP contribution is 2.24. The third-order valence-electron chi connectivity index (χ3n) is 4.94. The van der Waals surface area contributed by atoms with Crippen LogP contribution in [0.4, 0.5) is 0 Å². The van der Waals surface area contributed by atoms with E-state index in [4.69, 9.17) is 9.47 Å².